The van der Waals surface area contributed by atoms with Crippen LogP contribution in [0.15, 0.2) is 22.7 Å². The van der Waals surface area contributed by atoms with Crippen molar-refractivity contribution in [2.24, 2.45) is 0 Å². The van der Waals surface area contributed by atoms with Gasteiger partial charge in [-0.15, -0.1) is 0 Å². The van der Waals surface area contributed by atoms with Crippen LogP contribution in [-0.2, 0) is 0 Å². The van der Waals surface area contributed by atoms with E-state index in [-0.39, 0.29) is 5.82 Å². The number of carbonyl (C=O) groups is 1. The first-order chi connectivity index (χ1) is 12.4. The molecular formula is C19H20BrN3O3. The first kappa shape index (κ1) is 19.9. The first-order valence-electron chi connectivity index (χ1n) is 8.17. The van der Waals surface area contributed by atoms with Crippen LogP contribution in [0.2, 0.25) is 0 Å². The van der Waals surface area contributed by atoms with Crippen LogP contribution in [0.4, 0.5) is 0 Å². The number of methoxy groups -OCH3 is 1. The van der Waals surface area contributed by atoms with Crippen molar-refractivity contribution in [3.05, 3.63) is 45.4 Å². The summed E-state index contributed by atoms with van der Waals surface area (Å²) in [6.07, 6.45) is 0.844. The van der Waals surface area contributed by atoms with Crippen molar-refractivity contribution in [1.82, 2.24) is 9.97 Å². The molecule has 1 heterocycles. The molecule has 1 aromatic carbocycles. The lowest BCUT2D eigenvalue weighted by Gasteiger charge is -2.15. The predicted molar refractivity (Wildman–Crippen MR) is 101 cm³/mol. The zero-order chi connectivity index (χ0) is 19.3. The van der Waals surface area contributed by atoms with E-state index < -0.39 is 11.7 Å². The Bertz CT molecular complexity index is 842. The summed E-state index contributed by atoms with van der Waals surface area (Å²) in [5.41, 5.74) is 1.75. The van der Waals surface area contributed by atoms with Gasteiger partial charge < -0.3 is 9.47 Å². The van der Waals surface area contributed by atoms with Crippen LogP contribution >= 0.6 is 15.9 Å². The van der Waals surface area contributed by atoms with Crippen LogP contribution in [0.1, 0.15) is 46.8 Å². The number of halogens is 1. The molecule has 1 atom stereocenters. The van der Waals surface area contributed by atoms with E-state index in [1.807, 2.05) is 13.0 Å². The Morgan fingerprint density at radius 3 is 2.46 bits per heavy atom. The highest BCUT2D eigenvalue weighted by atomic mass is 79.9. The van der Waals surface area contributed by atoms with Crippen molar-refractivity contribution in [1.29, 1.82) is 5.26 Å². The standard InChI is InChI=1S/C19H20BrN3O3/c1-5-6-26-18-15(20)8-13(9-16(18)25-4)17(24)14(10-21)19-22-11(2)7-12(3)23-19/h7-9,14H,5-6H2,1-4H3. The summed E-state index contributed by atoms with van der Waals surface area (Å²) in [6, 6.07) is 7.01. The minimum Gasteiger partial charge on any atom is -0.493 e. The number of nitrogens with zero attached hydrogens (tertiary/aromatic N) is 3. The molecule has 26 heavy (non-hydrogen) atoms. The zero-order valence-electron chi connectivity index (χ0n) is 15.2. The molecule has 0 spiro atoms. The average molecular weight is 418 g/mol. The SMILES string of the molecule is CCCOc1c(Br)cc(C(=O)C(C#N)c2nc(C)cc(C)n2)cc1OC. The van der Waals surface area contributed by atoms with Crippen molar-refractivity contribution in [2.75, 3.05) is 13.7 Å². The summed E-state index contributed by atoms with van der Waals surface area (Å²) in [4.78, 5) is 21.4. The van der Waals surface area contributed by atoms with Crippen molar-refractivity contribution in [2.45, 2.75) is 33.1 Å². The largest absolute Gasteiger partial charge is 0.493 e. The molecule has 1 aromatic heterocycles. The van der Waals surface area contributed by atoms with Gasteiger partial charge in [0.1, 0.15) is 0 Å². The highest BCUT2D eigenvalue weighted by Crippen LogP contribution is 2.37. The van der Waals surface area contributed by atoms with Crippen LogP contribution in [0.25, 0.3) is 0 Å². The summed E-state index contributed by atoms with van der Waals surface area (Å²) in [6.45, 7) is 6.13. The van der Waals surface area contributed by atoms with E-state index in [1.165, 1.54) is 7.11 Å². The Morgan fingerprint density at radius 1 is 1.27 bits per heavy atom. The van der Waals surface area contributed by atoms with E-state index in [9.17, 15) is 10.1 Å². The number of ether oxygens (including phenoxy) is 2. The summed E-state index contributed by atoms with van der Waals surface area (Å²) < 4.78 is 11.6. The monoisotopic (exact) mass is 417 g/mol. The minimum atomic E-state index is -1.09. The van der Waals surface area contributed by atoms with Crippen molar-refractivity contribution in [3.8, 4) is 17.6 Å². The number of rotatable bonds is 7. The molecule has 0 amide bonds. The molecule has 0 saturated carbocycles. The van der Waals surface area contributed by atoms with Crippen LogP contribution in [0.5, 0.6) is 11.5 Å². The van der Waals surface area contributed by atoms with E-state index in [0.29, 0.717) is 39.5 Å². The Kier molecular flexibility index (Phi) is 6.70. The van der Waals surface area contributed by atoms with Crippen molar-refractivity contribution < 1.29 is 14.3 Å². The van der Waals surface area contributed by atoms with Gasteiger partial charge in [0.2, 0.25) is 0 Å². The van der Waals surface area contributed by atoms with E-state index in [1.54, 1.807) is 32.0 Å². The third-order valence-electron chi connectivity index (χ3n) is 3.61. The molecule has 0 N–H and O–H groups in total. The van der Waals surface area contributed by atoms with Gasteiger partial charge >= 0.3 is 0 Å². The maximum absolute atomic E-state index is 12.9. The molecule has 0 radical (unpaired) electrons. The van der Waals surface area contributed by atoms with Crippen molar-refractivity contribution >= 4 is 21.7 Å². The number of ketones is 1. The number of benzene rings is 1. The van der Waals surface area contributed by atoms with Crippen LogP contribution < -0.4 is 9.47 Å². The van der Waals surface area contributed by atoms with Crippen LogP contribution in [0, 0.1) is 25.2 Å². The molecule has 2 aromatic rings. The molecule has 0 aliphatic heterocycles. The lowest BCUT2D eigenvalue weighted by atomic mass is 9.97. The predicted octanol–water partition coefficient (Wildman–Crippen LogP) is 4.14. The van der Waals surface area contributed by atoms with E-state index in [2.05, 4.69) is 25.9 Å². The van der Waals surface area contributed by atoms with Gasteiger partial charge in [-0.3, -0.25) is 4.79 Å². The first-order valence-corrected chi connectivity index (χ1v) is 8.96. The highest BCUT2D eigenvalue weighted by molar-refractivity contribution is 9.10. The molecule has 0 fully saturated rings. The number of Topliss-reactive ketones (excluding diaryl/α,β-unsaturated/α-hetero) is 1. The van der Waals surface area contributed by atoms with Gasteiger partial charge in [0.15, 0.2) is 29.0 Å². The third-order valence-corrected chi connectivity index (χ3v) is 4.20. The number of hydrogen-bond acceptors (Lipinski definition) is 6. The summed E-state index contributed by atoms with van der Waals surface area (Å²) in [7, 11) is 1.50. The molecule has 6 nitrogen and oxygen atoms in total. The van der Waals surface area contributed by atoms with Gasteiger partial charge in [0, 0.05) is 17.0 Å². The molecule has 0 aliphatic rings. The molecule has 7 heteroatoms. The lowest BCUT2D eigenvalue weighted by molar-refractivity contribution is 0.0975. The quantitative estimate of drug-likeness (QED) is 0.629. The zero-order valence-corrected chi connectivity index (χ0v) is 16.8. The summed E-state index contributed by atoms with van der Waals surface area (Å²) in [5, 5.41) is 9.54. The normalized spacial score (nSPS) is 11.5. The smallest absolute Gasteiger partial charge is 0.187 e. The van der Waals surface area contributed by atoms with E-state index >= 15 is 0 Å². The van der Waals surface area contributed by atoms with Gasteiger partial charge in [-0.2, -0.15) is 5.26 Å². The van der Waals surface area contributed by atoms with Gasteiger partial charge in [-0.05, 0) is 54.4 Å². The number of aromatic nitrogens is 2. The average Bonchev–Trinajstić information content (AvgIpc) is 2.59. The van der Waals surface area contributed by atoms with Gasteiger partial charge in [-0.1, -0.05) is 6.92 Å². The Balaban J connectivity index is 2.44. The summed E-state index contributed by atoms with van der Waals surface area (Å²) >= 11 is 3.42. The second kappa shape index (κ2) is 8.77. The molecule has 1 unspecified atom stereocenters. The number of aryl methyl sites for hydroxylation is 2. The molecule has 0 bridgehead atoms. The van der Waals surface area contributed by atoms with Crippen molar-refractivity contribution in [3.63, 3.8) is 0 Å². The van der Waals surface area contributed by atoms with Crippen LogP contribution in [-0.4, -0.2) is 29.5 Å². The third kappa shape index (κ3) is 4.38. The molecule has 2 rings (SSSR count). The van der Waals surface area contributed by atoms with Gasteiger partial charge in [0.05, 0.1) is 24.3 Å². The second-order valence-electron chi connectivity index (χ2n) is 5.77. The van der Waals surface area contributed by atoms with Gasteiger partial charge in [-0.25, -0.2) is 9.97 Å². The molecule has 0 aliphatic carbocycles. The fourth-order valence-corrected chi connectivity index (χ4v) is 3.05. The Hall–Kier alpha value is -2.46. The molecule has 0 saturated heterocycles. The fraction of sp³-hybridized carbons (Fsp3) is 0.368. The number of hydrogen-bond donors (Lipinski definition) is 0. The topological polar surface area (TPSA) is 85.1 Å². The van der Waals surface area contributed by atoms with Crippen LogP contribution in [0.3, 0.4) is 0 Å². The van der Waals surface area contributed by atoms with Gasteiger partial charge in [0.25, 0.3) is 0 Å². The molecule has 136 valence electrons. The maximum atomic E-state index is 12.9. The molecular weight excluding hydrogens is 398 g/mol. The second-order valence-corrected chi connectivity index (χ2v) is 6.63. The lowest BCUT2D eigenvalue weighted by Crippen LogP contribution is -2.16. The Labute approximate surface area is 161 Å². The van der Waals surface area contributed by atoms with E-state index in [0.717, 1.165) is 6.42 Å². The number of carbonyl (C=O) groups excluding carboxylic acids is 1. The Morgan fingerprint density at radius 2 is 1.92 bits per heavy atom. The number of nitriles is 1. The highest BCUT2D eigenvalue weighted by Gasteiger charge is 2.27. The maximum Gasteiger partial charge on any atom is 0.187 e. The minimum absolute atomic E-state index is 0.205. The fourth-order valence-electron chi connectivity index (χ4n) is 2.49. The summed E-state index contributed by atoms with van der Waals surface area (Å²) in [5.74, 6) is -0.321. The van der Waals surface area contributed by atoms with E-state index in [4.69, 9.17) is 9.47 Å².